The van der Waals surface area contributed by atoms with Gasteiger partial charge < -0.3 is 15.2 Å². The molecule has 31 heavy (non-hydrogen) atoms. The van der Waals surface area contributed by atoms with Crippen molar-refractivity contribution in [3.8, 4) is 6.07 Å². The average Bonchev–Trinajstić information content (AvgIpc) is 3.51. The van der Waals surface area contributed by atoms with Crippen LogP contribution in [0.2, 0.25) is 0 Å². The van der Waals surface area contributed by atoms with Gasteiger partial charge in [0, 0.05) is 57.9 Å². The van der Waals surface area contributed by atoms with E-state index in [9.17, 15) is 10.1 Å². The largest absolute Gasteiger partial charge is 0.361 e. The first kappa shape index (κ1) is 19.3. The molecule has 2 N–H and O–H groups in total. The van der Waals surface area contributed by atoms with Gasteiger partial charge in [-0.05, 0) is 56.2 Å². The van der Waals surface area contributed by atoms with Gasteiger partial charge in [-0.3, -0.25) is 4.79 Å². The molecular weight excluding hydrogens is 406 g/mol. The van der Waals surface area contributed by atoms with Gasteiger partial charge in [-0.1, -0.05) is 0 Å². The smallest absolute Gasteiger partial charge is 0.246 e. The molecule has 0 spiro atoms. The van der Waals surface area contributed by atoms with Crippen molar-refractivity contribution >= 4 is 55.8 Å². The number of carbonyl (C=O) groups is 1. The molecule has 1 saturated heterocycles. The van der Waals surface area contributed by atoms with E-state index >= 15 is 0 Å². The predicted molar refractivity (Wildman–Crippen MR) is 125 cm³/mol. The first-order valence-corrected chi connectivity index (χ1v) is 11.1. The SMILES string of the molecule is CC1CCCN1C(=O)C=Cc1cc2c(Nc3ccc4[nH]ccc4c3)c(C#N)cnc2s1. The number of rotatable bonds is 4. The fourth-order valence-electron chi connectivity index (χ4n) is 4.09. The molecule has 0 aliphatic carbocycles. The lowest BCUT2D eigenvalue weighted by Gasteiger charge is -2.19. The number of carbonyl (C=O) groups excluding carboxylic acids is 1. The third-order valence-corrected chi connectivity index (χ3v) is 6.76. The molecule has 0 bridgehead atoms. The van der Waals surface area contributed by atoms with Gasteiger partial charge in [-0.25, -0.2) is 4.98 Å². The number of H-pyrrole nitrogens is 1. The fourth-order valence-corrected chi connectivity index (χ4v) is 5.01. The van der Waals surface area contributed by atoms with Gasteiger partial charge in [-0.15, -0.1) is 11.3 Å². The van der Waals surface area contributed by atoms with Crippen molar-refractivity contribution in [3.63, 3.8) is 0 Å². The maximum Gasteiger partial charge on any atom is 0.246 e. The Hall–Kier alpha value is -3.63. The molecule has 0 radical (unpaired) electrons. The summed E-state index contributed by atoms with van der Waals surface area (Å²) in [6, 6.07) is 12.6. The number of nitrogens with one attached hydrogen (secondary N) is 2. The van der Waals surface area contributed by atoms with Gasteiger partial charge in [0.25, 0.3) is 0 Å². The molecule has 1 fully saturated rings. The summed E-state index contributed by atoms with van der Waals surface area (Å²) < 4.78 is 0. The van der Waals surface area contributed by atoms with Crippen LogP contribution in [0.1, 0.15) is 30.2 Å². The van der Waals surface area contributed by atoms with Crippen LogP contribution in [-0.2, 0) is 4.79 Å². The Labute approximate surface area is 183 Å². The van der Waals surface area contributed by atoms with E-state index in [-0.39, 0.29) is 5.91 Å². The summed E-state index contributed by atoms with van der Waals surface area (Å²) in [5.74, 6) is 0.0475. The van der Waals surface area contributed by atoms with Crippen molar-refractivity contribution in [1.29, 1.82) is 5.26 Å². The van der Waals surface area contributed by atoms with Gasteiger partial charge in [0.05, 0.1) is 11.3 Å². The second-order valence-corrected chi connectivity index (χ2v) is 8.85. The summed E-state index contributed by atoms with van der Waals surface area (Å²) in [5.41, 5.74) is 3.18. The number of anilines is 2. The molecule has 1 aliphatic rings. The highest BCUT2D eigenvalue weighted by atomic mass is 32.1. The normalized spacial score (nSPS) is 16.4. The van der Waals surface area contributed by atoms with E-state index in [0.717, 1.165) is 56.8 Å². The topological polar surface area (TPSA) is 84.8 Å². The number of hydrogen-bond acceptors (Lipinski definition) is 5. The monoisotopic (exact) mass is 427 g/mol. The van der Waals surface area contributed by atoms with Crippen LogP contribution in [-0.4, -0.2) is 33.4 Å². The van der Waals surface area contributed by atoms with Crippen LogP contribution in [0.25, 0.3) is 27.2 Å². The highest BCUT2D eigenvalue weighted by Crippen LogP contribution is 2.35. The number of thiophene rings is 1. The average molecular weight is 428 g/mol. The van der Waals surface area contributed by atoms with E-state index in [4.69, 9.17) is 0 Å². The van der Waals surface area contributed by atoms with Crippen LogP contribution < -0.4 is 5.32 Å². The minimum atomic E-state index is 0.0475. The molecule has 1 unspecified atom stereocenters. The number of benzene rings is 1. The first-order valence-electron chi connectivity index (χ1n) is 10.3. The van der Waals surface area contributed by atoms with Crippen molar-refractivity contribution in [3.05, 3.63) is 59.2 Å². The van der Waals surface area contributed by atoms with Crippen LogP contribution in [0.4, 0.5) is 11.4 Å². The third kappa shape index (κ3) is 3.66. The Morgan fingerprint density at radius 2 is 2.29 bits per heavy atom. The first-order chi connectivity index (χ1) is 15.1. The second-order valence-electron chi connectivity index (χ2n) is 7.79. The van der Waals surface area contributed by atoms with E-state index in [1.807, 2.05) is 47.5 Å². The highest BCUT2D eigenvalue weighted by molar-refractivity contribution is 7.19. The molecule has 5 rings (SSSR count). The van der Waals surface area contributed by atoms with Gasteiger partial charge in [0.1, 0.15) is 10.9 Å². The Bertz CT molecular complexity index is 1360. The number of nitrogens with zero attached hydrogens (tertiary/aromatic N) is 3. The Balaban J connectivity index is 1.47. The van der Waals surface area contributed by atoms with E-state index in [1.54, 1.807) is 12.3 Å². The number of fused-ring (bicyclic) bond motifs is 2. The van der Waals surface area contributed by atoms with Crippen LogP contribution in [0.5, 0.6) is 0 Å². The van der Waals surface area contributed by atoms with E-state index in [1.165, 1.54) is 11.3 Å². The van der Waals surface area contributed by atoms with E-state index in [0.29, 0.717) is 11.6 Å². The van der Waals surface area contributed by atoms with Crippen LogP contribution in [0, 0.1) is 11.3 Å². The number of aromatic amines is 1. The molecule has 1 atom stereocenters. The van der Waals surface area contributed by atoms with Crippen LogP contribution >= 0.6 is 11.3 Å². The molecule has 6 nitrogen and oxygen atoms in total. The number of hydrogen-bond donors (Lipinski definition) is 2. The minimum Gasteiger partial charge on any atom is -0.361 e. The van der Waals surface area contributed by atoms with E-state index < -0.39 is 0 Å². The second kappa shape index (κ2) is 7.89. The summed E-state index contributed by atoms with van der Waals surface area (Å²) in [7, 11) is 0. The van der Waals surface area contributed by atoms with Gasteiger partial charge in [0.15, 0.2) is 0 Å². The number of aromatic nitrogens is 2. The lowest BCUT2D eigenvalue weighted by atomic mass is 10.1. The van der Waals surface area contributed by atoms with Crippen LogP contribution in [0.3, 0.4) is 0 Å². The summed E-state index contributed by atoms with van der Waals surface area (Å²) in [6.45, 7) is 2.91. The maximum absolute atomic E-state index is 12.5. The quantitative estimate of drug-likeness (QED) is 0.426. The lowest BCUT2D eigenvalue weighted by molar-refractivity contribution is -0.126. The summed E-state index contributed by atoms with van der Waals surface area (Å²) >= 11 is 1.51. The van der Waals surface area contributed by atoms with Crippen molar-refractivity contribution in [2.45, 2.75) is 25.8 Å². The Morgan fingerprint density at radius 3 is 3.10 bits per heavy atom. The van der Waals surface area contributed by atoms with Crippen molar-refractivity contribution < 1.29 is 4.79 Å². The zero-order chi connectivity index (χ0) is 21.4. The predicted octanol–water partition coefficient (Wildman–Crippen LogP) is 5.42. The number of likely N-dealkylation sites (tertiary alicyclic amines) is 1. The van der Waals surface area contributed by atoms with Crippen LogP contribution in [0.15, 0.2) is 48.8 Å². The molecule has 154 valence electrons. The molecule has 0 saturated carbocycles. The van der Waals surface area contributed by atoms with E-state index in [2.05, 4.69) is 28.3 Å². The molecular formula is C24H21N5OS. The summed E-state index contributed by atoms with van der Waals surface area (Å²) in [4.78, 5) is 23.8. The standard InChI is InChI=1S/C24H21N5OS/c1-15-3-2-10-29(15)22(30)7-5-19-12-20-23(17(13-25)14-27-24(20)31-19)28-18-4-6-21-16(11-18)8-9-26-21/h4-9,11-12,14-15,26H,2-3,10H2,1H3,(H,27,28). The fraction of sp³-hybridized carbons (Fsp3) is 0.208. The number of pyridine rings is 1. The summed E-state index contributed by atoms with van der Waals surface area (Å²) in [6.07, 6.45) is 9.12. The zero-order valence-electron chi connectivity index (χ0n) is 17.1. The van der Waals surface area contributed by atoms with Gasteiger partial charge in [0.2, 0.25) is 5.91 Å². The highest BCUT2D eigenvalue weighted by Gasteiger charge is 2.23. The van der Waals surface area contributed by atoms with Gasteiger partial charge >= 0.3 is 0 Å². The molecule has 4 aromatic rings. The molecule has 1 amide bonds. The van der Waals surface area contributed by atoms with Crippen molar-refractivity contribution in [1.82, 2.24) is 14.9 Å². The van der Waals surface area contributed by atoms with Crippen molar-refractivity contribution in [2.75, 3.05) is 11.9 Å². The summed E-state index contributed by atoms with van der Waals surface area (Å²) in [5, 5.41) is 15.0. The lowest BCUT2D eigenvalue weighted by Crippen LogP contribution is -2.32. The molecule has 1 aromatic carbocycles. The molecule has 1 aliphatic heterocycles. The molecule has 4 heterocycles. The molecule has 3 aromatic heterocycles. The van der Waals surface area contributed by atoms with Crippen molar-refractivity contribution in [2.24, 2.45) is 0 Å². The Kier molecular flexibility index (Phi) is 4.92. The maximum atomic E-state index is 12.5. The molecule has 7 heteroatoms. The third-order valence-electron chi connectivity index (χ3n) is 5.75. The zero-order valence-corrected chi connectivity index (χ0v) is 17.9. The minimum absolute atomic E-state index is 0.0475. The van der Waals surface area contributed by atoms with Gasteiger partial charge in [-0.2, -0.15) is 5.26 Å². The Morgan fingerprint density at radius 1 is 1.39 bits per heavy atom. The number of nitriles is 1. The number of amides is 1.